The standard InChI is InChI=1S/C56H68N4O6/c1-7-35(4)45(32-52(62)66-6)55(64)60-27-11-13-50(60)48-29-39-28-38(18-21-46(39)58-48)41-19-20-42(53-43(41)22-25-56(53)23-8-9-24-56)37-16-14-36(15-17-37)40-30-47(57-33-40)49-12-10-26-59(49)54(63)44(34(2)3)31-51(61)65-5/h14-21,28,33-35,44-45,49-50H,7-13,22-27,29-32H2,1-6H3/t35?,44-,45-,49-,50-/m0/s1. The number of methoxy groups -OCH3 is 2. The van der Waals surface area contributed by atoms with Gasteiger partial charge in [-0.3, -0.25) is 29.2 Å². The van der Waals surface area contributed by atoms with E-state index in [0.717, 1.165) is 67.6 Å². The van der Waals surface area contributed by atoms with Crippen molar-refractivity contribution in [1.82, 2.24) is 9.80 Å². The summed E-state index contributed by atoms with van der Waals surface area (Å²) in [6.07, 6.45) is 15.4. The van der Waals surface area contributed by atoms with E-state index in [1.54, 1.807) is 5.56 Å². The molecule has 1 saturated carbocycles. The summed E-state index contributed by atoms with van der Waals surface area (Å²) in [4.78, 5) is 66.5. The van der Waals surface area contributed by atoms with Gasteiger partial charge in [0, 0.05) is 43.6 Å². The van der Waals surface area contributed by atoms with Crippen LogP contribution in [0.1, 0.15) is 133 Å². The molecule has 3 aromatic rings. The number of allylic oxidation sites excluding steroid dienone is 1. The zero-order valence-corrected chi connectivity index (χ0v) is 40.0. The van der Waals surface area contributed by atoms with E-state index in [-0.39, 0.29) is 65.9 Å². The van der Waals surface area contributed by atoms with Crippen LogP contribution in [0.5, 0.6) is 0 Å². The highest BCUT2D eigenvalue weighted by Crippen LogP contribution is 2.55. The van der Waals surface area contributed by atoms with E-state index in [2.05, 4.69) is 68.4 Å². The van der Waals surface area contributed by atoms with Crippen molar-refractivity contribution in [2.75, 3.05) is 27.3 Å². The van der Waals surface area contributed by atoms with E-state index in [1.807, 2.05) is 29.8 Å². The van der Waals surface area contributed by atoms with Crippen LogP contribution in [0.3, 0.4) is 0 Å². The smallest absolute Gasteiger partial charge is 0.306 e. The van der Waals surface area contributed by atoms with Crippen LogP contribution >= 0.6 is 0 Å². The van der Waals surface area contributed by atoms with Gasteiger partial charge in [-0.25, -0.2) is 0 Å². The Balaban J connectivity index is 0.921. The number of carbonyl (C=O) groups is 4. The average Bonchev–Trinajstić information content (AvgIpc) is 4.21. The number of hydrogen-bond acceptors (Lipinski definition) is 8. The maximum Gasteiger partial charge on any atom is 0.306 e. The number of amides is 2. The van der Waals surface area contributed by atoms with E-state index in [1.165, 1.54) is 85.3 Å². The molecule has 9 rings (SSSR count). The molecule has 2 saturated heterocycles. The molecule has 0 aromatic heterocycles. The van der Waals surface area contributed by atoms with Crippen LogP contribution in [0.15, 0.2) is 70.8 Å². The second-order valence-electron chi connectivity index (χ2n) is 20.4. The minimum Gasteiger partial charge on any atom is -0.469 e. The largest absolute Gasteiger partial charge is 0.469 e. The van der Waals surface area contributed by atoms with Gasteiger partial charge in [0.1, 0.15) is 0 Å². The Kier molecular flexibility index (Phi) is 13.2. The van der Waals surface area contributed by atoms with Gasteiger partial charge in [0.05, 0.1) is 56.7 Å². The summed E-state index contributed by atoms with van der Waals surface area (Å²) in [7, 11) is 2.77. The third-order valence-corrected chi connectivity index (χ3v) is 16.4. The first-order valence-corrected chi connectivity index (χ1v) is 24.9. The van der Waals surface area contributed by atoms with Crippen LogP contribution in [-0.4, -0.2) is 84.4 Å². The van der Waals surface area contributed by atoms with Gasteiger partial charge in [0.25, 0.3) is 0 Å². The second-order valence-corrected chi connectivity index (χ2v) is 20.4. The Morgan fingerprint density at radius 1 is 0.712 bits per heavy atom. The topological polar surface area (TPSA) is 118 Å². The van der Waals surface area contributed by atoms with Gasteiger partial charge in [0.15, 0.2) is 0 Å². The molecule has 4 heterocycles. The van der Waals surface area contributed by atoms with Crippen molar-refractivity contribution in [2.45, 2.75) is 142 Å². The highest BCUT2D eigenvalue weighted by molar-refractivity contribution is 6.04. The van der Waals surface area contributed by atoms with Crippen LogP contribution < -0.4 is 0 Å². The van der Waals surface area contributed by atoms with Crippen molar-refractivity contribution in [1.29, 1.82) is 0 Å². The molecule has 348 valence electrons. The number of aliphatic imine (C=N–C) groups is 2. The molecule has 0 bridgehead atoms. The number of esters is 2. The maximum atomic E-state index is 14.1. The van der Waals surface area contributed by atoms with Crippen LogP contribution in [0.2, 0.25) is 0 Å². The highest BCUT2D eigenvalue weighted by Gasteiger charge is 2.45. The van der Waals surface area contributed by atoms with Gasteiger partial charge in [-0.1, -0.05) is 89.4 Å². The van der Waals surface area contributed by atoms with Gasteiger partial charge >= 0.3 is 11.9 Å². The molecule has 66 heavy (non-hydrogen) atoms. The highest BCUT2D eigenvalue weighted by atomic mass is 16.5. The van der Waals surface area contributed by atoms with Crippen molar-refractivity contribution in [3.63, 3.8) is 0 Å². The van der Waals surface area contributed by atoms with Gasteiger partial charge < -0.3 is 19.3 Å². The lowest BCUT2D eigenvalue weighted by atomic mass is 9.76. The molecular weight excluding hydrogens is 825 g/mol. The number of fused-ring (bicyclic) bond motifs is 3. The normalized spacial score (nSPS) is 22.0. The fourth-order valence-corrected chi connectivity index (χ4v) is 12.5. The lowest BCUT2D eigenvalue weighted by Gasteiger charge is -2.31. The van der Waals surface area contributed by atoms with Gasteiger partial charge in [-0.05, 0) is 131 Å². The molecule has 2 amide bonds. The molecule has 5 atom stereocenters. The summed E-state index contributed by atoms with van der Waals surface area (Å²) in [5.74, 6) is -1.28. The number of likely N-dealkylation sites (tertiary alicyclic amines) is 2. The SMILES string of the molecule is CCC(C)[C@H](CC(=O)OC)C(=O)N1CCC[C@H]1C1=Nc2ccc(-c3ccc(-c4ccc(C5=CN=C([C@@H]6CCCN6C(=O)[C@@H](CC(=O)OC)C(C)C)C5)cc4)c4c3CCC43CCCC3)cc2C1. The number of hydrogen-bond donors (Lipinski definition) is 0. The third-order valence-electron chi connectivity index (χ3n) is 16.4. The Labute approximate surface area is 391 Å². The summed E-state index contributed by atoms with van der Waals surface area (Å²) in [6.45, 7) is 9.52. The summed E-state index contributed by atoms with van der Waals surface area (Å²) < 4.78 is 9.93. The van der Waals surface area contributed by atoms with Gasteiger partial charge in [-0.15, -0.1) is 0 Å². The minimum absolute atomic E-state index is 0.0300. The fourth-order valence-electron chi connectivity index (χ4n) is 12.5. The second kappa shape index (κ2) is 19.1. The zero-order chi connectivity index (χ0) is 46.3. The molecule has 0 radical (unpaired) electrons. The molecule has 2 aliphatic carbocycles. The molecule has 10 heteroatoms. The number of nitrogens with zero attached hydrogens (tertiary/aromatic N) is 4. The van der Waals surface area contributed by atoms with Crippen LogP contribution in [0, 0.1) is 23.7 Å². The summed E-state index contributed by atoms with van der Waals surface area (Å²) in [5, 5.41) is 0. The van der Waals surface area contributed by atoms with Gasteiger partial charge in [-0.2, -0.15) is 0 Å². The van der Waals surface area contributed by atoms with Crippen molar-refractivity contribution in [3.8, 4) is 22.3 Å². The average molecular weight is 893 g/mol. The molecule has 10 nitrogen and oxygen atoms in total. The van der Waals surface area contributed by atoms with Crippen LogP contribution in [0.4, 0.5) is 5.69 Å². The Bertz CT molecular complexity index is 2480. The minimum atomic E-state index is -0.404. The molecule has 6 aliphatic rings. The van der Waals surface area contributed by atoms with E-state index in [9.17, 15) is 19.2 Å². The van der Waals surface area contributed by atoms with E-state index >= 15 is 0 Å². The summed E-state index contributed by atoms with van der Waals surface area (Å²) in [6, 6.07) is 20.5. The molecular formula is C56H68N4O6. The van der Waals surface area contributed by atoms with Crippen LogP contribution in [0.25, 0.3) is 27.8 Å². The number of rotatable bonds is 14. The van der Waals surface area contributed by atoms with Crippen LogP contribution in [-0.2, 0) is 46.9 Å². The lowest BCUT2D eigenvalue weighted by molar-refractivity contribution is -0.148. The quantitative estimate of drug-likeness (QED) is 0.149. The summed E-state index contributed by atoms with van der Waals surface area (Å²) >= 11 is 0. The zero-order valence-electron chi connectivity index (χ0n) is 40.0. The first-order chi connectivity index (χ1) is 31.9. The molecule has 3 aromatic carbocycles. The summed E-state index contributed by atoms with van der Waals surface area (Å²) in [5.41, 5.74) is 15.0. The number of carbonyl (C=O) groups excluding carboxylic acids is 4. The molecule has 1 unspecified atom stereocenters. The molecule has 4 aliphatic heterocycles. The lowest BCUT2D eigenvalue weighted by Crippen LogP contribution is -2.45. The molecule has 0 N–H and O–H groups in total. The fraction of sp³-hybridized carbons (Fsp3) is 0.536. The Morgan fingerprint density at radius 3 is 1.97 bits per heavy atom. The predicted octanol–water partition coefficient (Wildman–Crippen LogP) is 10.6. The Morgan fingerprint density at radius 2 is 1.32 bits per heavy atom. The third kappa shape index (κ3) is 8.58. The van der Waals surface area contributed by atoms with Crippen molar-refractivity contribution in [3.05, 3.63) is 83.1 Å². The maximum absolute atomic E-state index is 14.1. The van der Waals surface area contributed by atoms with Crippen molar-refractivity contribution >= 4 is 46.4 Å². The predicted molar refractivity (Wildman–Crippen MR) is 261 cm³/mol. The molecule has 1 spiro atoms. The van der Waals surface area contributed by atoms with Gasteiger partial charge in [0.2, 0.25) is 11.8 Å². The van der Waals surface area contributed by atoms with E-state index in [4.69, 9.17) is 19.5 Å². The number of benzene rings is 3. The Hall–Kier alpha value is -5.38. The first kappa shape index (κ1) is 45.8. The monoisotopic (exact) mass is 893 g/mol. The van der Waals surface area contributed by atoms with E-state index < -0.39 is 11.8 Å². The number of ether oxygens (including phenoxy) is 2. The first-order valence-electron chi connectivity index (χ1n) is 24.9. The van der Waals surface area contributed by atoms with Crippen molar-refractivity contribution in [2.24, 2.45) is 33.7 Å². The van der Waals surface area contributed by atoms with Crippen molar-refractivity contribution < 1.29 is 28.7 Å². The molecule has 3 fully saturated rings. The van der Waals surface area contributed by atoms with E-state index in [0.29, 0.717) is 19.5 Å².